The van der Waals surface area contributed by atoms with Crippen LogP contribution in [0.2, 0.25) is 0 Å². The summed E-state index contributed by atoms with van der Waals surface area (Å²) in [7, 11) is 0. The van der Waals surface area contributed by atoms with Gasteiger partial charge in [0.05, 0.1) is 0 Å². The molecule has 1 aliphatic heterocycles. The monoisotopic (exact) mass is 201 g/mol. The zero-order valence-electron chi connectivity index (χ0n) is 8.00. The lowest BCUT2D eigenvalue weighted by molar-refractivity contribution is -0.133. The highest BCUT2D eigenvalue weighted by Crippen LogP contribution is 2.40. The third kappa shape index (κ3) is 1.69. The Morgan fingerprint density at radius 2 is 2.31 bits per heavy atom. The van der Waals surface area contributed by atoms with E-state index in [9.17, 15) is 4.79 Å². The molecule has 0 spiro atoms. The molecule has 0 N–H and O–H groups in total. The number of carbonyl (C=O) groups excluding carboxylic acids is 1. The minimum Gasteiger partial charge on any atom is -0.338 e. The summed E-state index contributed by atoms with van der Waals surface area (Å²) in [4.78, 5) is 13.9. The van der Waals surface area contributed by atoms with Crippen LogP contribution in [0.3, 0.4) is 0 Å². The number of hydrogen-bond acceptors (Lipinski definition) is 1. The van der Waals surface area contributed by atoms with Crippen molar-refractivity contribution in [2.45, 2.75) is 32.2 Å². The van der Waals surface area contributed by atoms with Crippen LogP contribution in [-0.4, -0.2) is 29.3 Å². The zero-order valence-corrected chi connectivity index (χ0v) is 8.76. The third-order valence-corrected chi connectivity index (χ3v) is 3.62. The van der Waals surface area contributed by atoms with Crippen LogP contribution in [0.4, 0.5) is 0 Å². The Bertz CT molecular complexity index is 219. The molecular formula is C10H16ClNO. The topological polar surface area (TPSA) is 20.3 Å². The summed E-state index contributed by atoms with van der Waals surface area (Å²) in [5.74, 6) is 1.90. The van der Waals surface area contributed by atoms with E-state index in [1.807, 2.05) is 4.90 Å². The van der Waals surface area contributed by atoms with Crippen molar-refractivity contribution in [2.24, 2.45) is 11.8 Å². The number of rotatable bonds is 2. The highest BCUT2D eigenvalue weighted by atomic mass is 35.5. The van der Waals surface area contributed by atoms with Crippen LogP contribution in [0.15, 0.2) is 0 Å². The summed E-state index contributed by atoms with van der Waals surface area (Å²) in [6.07, 6.45) is 3.31. The van der Waals surface area contributed by atoms with Crippen molar-refractivity contribution in [3.05, 3.63) is 0 Å². The van der Waals surface area contributed by atoms with Gasteiger partial charge in [0.15, 0.2) is 0 Å². The fourth-order valence-electron chi connectivity index (χ4n) is 2.17. The molecule has 74 valence electrons. The average Bonchev–Trinajstić information content (AvgIpc) is 2.70. The van der Waals surface area contributed by atoms with E-state index in [1.54, 1.807) is 0 Å². The maximum atomic E-state index is 11.9. The molecule has 1 aliphatic carbocycles. The molecule has 1 saturated heterocycles. The van der Waals surface area contributed by atoms with Gasteiger partial charge in [0.1, 0.15) is 0 Å². The molecular weight excluding hydrogens is 186 g/mol. The van der Waals surface area contributed by atoms with E-state index in [0.717, 1.165) is 25.8 Å². The fourth-order valence-corrected chi connectivity index (χ4v) is 2.49. The maximum absolute atomic E-state index is 11.9. The molecule has 1 heterocycles. The molecule has 1 amide bonds. The van der Waals surface area contributed by atoms with Gasteiger partial charge in [0.25, 0.3) is 0 Å². The van der Waals surface area contributed by atoms with Gasteiger partial charge in [-0.1, -0.05) is 6.92 Å². The number of halogens is 1. The highest BCUT2D eigenvalue weighted by molar-refractivity contribution is 6.18. The molecule has 2 unspecified atom stereocenters. The van der Waals surface area contributed by atoms with E-state index in [0.29, 0.717) is 29.7 Å². The number of carbonyl (C=O) groups is 1. The Hall–Kier alpha value is -0.240. The van der Waals surface area contributed by atoms with Gasteiger partial charge in [0.2, 0.25) is 5.91 Å². The standard InChI is InChI=1S/C10H16ClNO/c1-7-5-9(7)10(13)12-4-2-3-8(12)6-11/h7-9H,2-6H2,1H3/t7?,8-,9?/m1/s1. The van der Waals surface area contributed by atoms with Crippen LogP contribution in [0.5, 0.6) is 0 Å². The van der Waals surface area contributed by atoms with Crippen molar-refractivity contribution in [1.82, 2.24) is 4.90 Å². The summed E-state index contributed by atoms with van der Waals surface area (Å²) in [6.45, 7) is 3.08. The van der Waals surface area contributed by atoms with Gasteiger partial charge in [-0.25, -0.2) is 0 Å². The predicted molar refractivity (Wildman–Crippen MR) is 52.7 cm³/mol. The van der Waals surface area contributed by atoms with Gasteiger partial charge >= 0.3 is 0 Å². The number of hydrogen-bond donors (Lipinski definition) is 0. The molecule has 0 bridgehead atoms. The fraction of sp³-hybridized carbons (Fsp3) is 0.900. The second kappa shape index (κ2) is 3.49. The average molecular weight is 202 g/mol. The van der Waals surface area contributed by atoms with Crippen molar-refractivity contribution >= 4 is 17.5 Å². The first-order valence-electron chi connectivity index (χ1n) is 5.10. The lowest BCUT2D eigenvalue weighted by atomic mass is 10.2. The lowest BCUT2D eigenvalue weighted by Crippen LogP contribution is -2.37. The number of nitrogens with zero attached hydrogens (tertiary/aromatic N) is 1. The number of alkyl halides is 1. The molecule has 3 heteroatoms. The molecule has 2 nitrogen and oxygen atoms in total. The van der Waals surface area contributed by atoms with Gasteiger partial charge in [-0.15, -0.1) is 11.6 Å². The molecule has 2 rings (SSSR count). The Morgan fingerprint density at radius 1 is 1.62 bits per heavy atom. The van der Waals surface area contributed by atoms with Gasteiger partial charge < -0.3 is 4.90 Å². The zero-order chi connectivity index (χ0) is 9.42. The predicted octanol–water partition coefficient (Wildman–Crippen LogP) is 1.87. The van der Waals surface area contributed by atoms with Gasteiger partial charge in [-0.2, -0.15) is 0 Å². The number of likely N-dealkylation sites (tertiary alicyclic amines) is 1. The first-order valence-corrected chi connectivity index (χ1v) is 5.64. The smallest absolute Gasteiger partial charge is 0.226 e. The molecule has 13 heavy (non-hydrogen) atoms. The van der Waals surface area contributed by atoms with E-state index >= 15 is 0 Å². The SMILES string of the molecule is CC1CC1C(=O)N1CCC[C@@H]1CCl. The molecule has 1 saturated carbocycles. The Morgan fingerprint density at radius 3 is 2.85 bits per heavy atom. The summed E-state index contributed by atoms with van der Waals surface area (Å²) in [5.41, 5.74) is 0. The second-order valence-corrected chi connectivity index (χ2v) is 4.61. The van der Waals surface area contributed by atoms with Gasteiger partial charge in [0, 0.05) is 24.4 Å². The molecule has 0 aromatic rings. The van der Waals surface area contributed by atoms with Crippen LogP contribution < -0.4 is 0 Å². The Labute approximate surface area is 84.2 Å². The van der Waals surface area contributed by atoms with Crippen LogP contribution in [0.25, 0.3) is 0 Å². The van der Waals surface area contributed by atoms with Crippen molar-refractivity contribution < 1.29 is 4.79 Å². The van der Waals surface area contributed by atoms with Crippen molar-refractivity contribution in [2.75, 3.05) is 12.4 Å². The summed E-state index contributed by atoms with van der Waals surface area (Å²) < 4.78 is 0. The van der Waals surface area contributed by atoms with Crippen LogP contribution in [0, 0.1) is 11.8 Å². The van der Waals surface area contributed by atoms with E-state index in [2.05, 4.69) is 6.92 Å². The summed E-state index contributed by atoms with van der Waals surface area (Å²) >= 11 is 5.81. The van der Waals surface area contributed by atoms with Crippen molar-refractivity contribution in [3.8, 4) is 0 Å². The van der Waals surface area contributed by atoms with E-state index in [1.165, 1.54) is 0 Å². The quantitative estimate of drug-likeness (QED) is 0.625. The lowest BCUT2D eigenvalue weighted by Gasteiger charge is -2.22. The van der Waals surface area contributed by atoms with Crippen molar-refractivity contribution in [1.29, 1.82) is 0 Å². The molecule has 0 aromatic heterocycles. The normalized spacial score (nSPS) is 38.0. The number of amides is 1. The Balaban J connectivity index is 1.95. The van der Waals surface area contributed by atoms with Gasteiger partial charge in [-0.05, 0) is 25.2 Å². The van der Waals surface area contributed by atoms with Gasteiger partial charge in [-0.3, -0.25) is 4.79 Å². The van der Waals surface area contributed by atoms with E-state index < -0.39 is 0 Å². The summed E-state index contributed by atoms with van der Waals surface area (Å²) in [6, 6.07) is 0.321. The Kier molecular flexibility index (Phi) is 2.50. The van der Waals surface area contributed by atoms with E-state index in [4.69, 9.17) is 11.6 Å². The third-order valence-electron chi connectivity index (χ3n) is 3.27. The highest BCUT2D eigenvalue weighted by Gasteiger charge is 2.43. The largest absolute Gasteiger partial charge is 0.338 e. The maximum Gasteiger partial charge on any atom is 0.226 e. The molecule has 3 atom stereocenters. The van der Waals surface area contributed by atoms with E-state index in [-0.39, 0.29) is 0 Å². The van der Waals surface area contributed by atoms with Crippen LogP contribution in [-0.2, 0) is 4.79 Å². The first kappa shape index (κ1) is 9.32. The molecule has 0 aromatic carbocycles. The first-order chi connectivity index (χ1) is 6.24. The second-order valence-electron chi connectivity index (χ2n) is 4.30. The van der Waals surface area contributed by atoms with Crippen LogP contribution >= 0.6 is 11.6 Å². The molecule has 2 fully saturated rings. The summed E-state index contributed by atoms with van der Waals surface area (Å²) in [5, 5.41) is 0. The molecule has 2 aliphatic rings. The van der Waals surface area contributed by atoms with Crippen molar-refractivity contribution in [3.63, 3.8) is 0 Å². The molecule has 0 radical (unpaired) electrons. The minimum absolute atomic E-state index is 0.321. The van der Waals surface area contributed by atoms with Crippen LogP contribution in [0.1, 0.15) is 26.2 Å². The minimum atomic E-state index is 0.321.